The molecule has 32 heavy (non-hydrogen) atoms. The van der Waals surface area contributed by atoms with E-state index in [0.29, 0.717) is 31.6 Å². The number of alkyl halides is 3. The molecule has 10 heteroatoms. The first kappa shape index (κ1) is 25.0. The second-order valence-corrected chi connectivity index (χ2v) is 8.74. The van der Waals surface area contributed by atoms with Gasteiger partial charge in [0.25, 0.3) is 0 Å². The summed E-state index contributed by atoms with van der Waals surface area (Å²) in [7, 11) is 0. The van der Waals surface area contributed by atoms with Gasteiger partial charge in [-0.2, -0.15) is 13.2 Å². The van der Waals surface area contributed by atoms with E-state index in [0.717, 1.165) is 43.2 Å². The minimum atomic E-state index is -4.46. The zero-order valence-electron chi connectivity index (χ0n) is 17.8. The van der Waals surface area contributed by atoms with Crippen molar-refractivity contribution in [3.05, 3.63) is 52.9 Å². The third-order valence-corrected chi connectivity index (χ3v) is 6.35. The molecule has 2 fully saturated rings. The molecule has 176 valence electrons. The Bertz CT molecular complexity index is 876. The van der Waals surface area contributed by atoms with Gasteiger partial charge >= 0.3 is 6.18 Å². The Morgan fingerprint density at radius 1 is 1.12 bits per heavy atom. The number of morpholine rings is 1. The number of aromatic nitrogens is 2. The lowest BCUT2D eigenvalue weighted by atomic mass is 9.96. The predicted molar refractivity (Wildman–Crippen MR) is 121 cm³/mol. The molecular formula is C22H27Cl2F3N4O. The largest absolute Gasteiger partial charge is 0.433 e. The topological polar surface area (TPSA) is 41.5 Å². The number of anilines is 1. The van der Waals surface area contributed by atoms with Crippen LogP contribution in [0, 0.1) is 0 Å². The summed E-state index contributed by atoms with van der Waals surface area (Å²) in [4.78, 5) is 11.9. The molecule has 0 aliphatic carbocycles. The molecule has 0 N–H and O–H groups in total. The fourth-order valence-corrected chi connectivity index (χ4v) is 4.61. The van der Waals surface area contributed by atoms with Gasteiger partial charge in [0.2, 0.25) is 0 Å². The van der Waals surface area contributed by atoms with Crippen LogP contribution in [0.1, 0.15) is 31.0 Å². The first-order valence-corrected chi connectivity index (χ1v) is 10.9. The maximum absolute atomic E-state index is 13.0. The molecular weight excluding hydrogens is 464 g/mol. The summed E-state index contributed by atoms with van der Waals surface area (Å²) >= 11 is 6.01. The molecule has 5 nitrogen and oxygen atoms in total. The van der Waals surface area contributed by atoms with E-state index in [-0.39, 0.29) is 24.6 Å². The number of hydrogen-bond donors (Lipinski definition) is 0. The number of rotatable bonds is 4. The second-order valence-electron chi connectivity index (χ2n) is 8.30. The first-order chi connectivity index (χ1) is 14.8. The van der Waals surface area contributed by atoms with Crippen LogP contribution in [-0.4, -0.2) is 59.3 Å². The summed E-state index contributed by atoms with van der Waals surface area (Å²) in [5, 5.41) is 0.722. The number of piperidine rings is 1. The van der Waals surface area contributed by atoms with Crippen molar-refractivity contribution in [1.29, 1.82) is 0 Å². The van der Waals surface area contributed by atoms with Crippen molar-refractivity contribution in [3.63, 3.8) is 0 Å². The van der Waals surface area contributed by atoms with Gasteiger partial charge in [0, 0.05) is 42.8 Å². The Morgan fingerprint density at radius 3 is 2.47 bits per heavy atom. The van der Waals surface area contributed by atoms with Gasteiger partial charge in [-0.25, -0.2) is 9.97 Å². The van der Waals surface area contributed by atoms with Crippen LogP contribution in [0.2, 0.25) is 5.02 Å². The molecule has 0 saturated carbocycles. The number of benzene rings is 1. The van der Waals surface area contributed by atoms with Crippen LogP contribution in [0.3, 0.4) is 0 Å². The Kier molecular flexibility index (Phi) is 8.25. The summed E-state index contributed by atoms with van der Waals surface area (Å²) in [5.74, 6) is 0.342. The number of halogens is 5. The number of nitrogens with zero attached hydrogens (tertiary/aromatic N) is 4. The molecule has 0 bridgehead atoms. The lowest BCUT2D eigenvalue weighted by Crippen LogP contribution is -2.56. The van der Waals surface area contributed by atoms with E-state index >= 15 is 0 Å². The van der Waals surface area contributed by atoms with Crippen molar-refractivity contribution in [2.75, 3.05) is 31.1 Å². The van der Waals surface area contributed by atoms with Gasteiger partial charge in [0.15, 0.2) is 0 Å². The maximum atomic E-state index is 13.0. The monoisotopic (exact) mass is 490 g/mol. The average molecular weight is 491 g/mol. The molecule has 2 aromatic rings. The van der Waals surface area contributed by atoms with Crippen LogP contribution in [0.4, 0.5) is 19.0 Å². The van der Waals surface area contributed by atoms with Gasteiger partial charge in [0.05, 0.1) is 12.7 Å². The fraction of sp³-hybridized carbons (Fsp3) is 0.545. The Labute approximate surface area is 197 Å². The van der Waals surface area contributed by atoms with Crippen LogP contribution >= 0.6 is 24.0 Å². The highest BCUT2D eigenvalue weighted by Crippen LogP contribution is 2.31. The molecule has 1 aromatic carbocycles. The van der Waals surface area contributed by atoms with E-state index in [2.05, 4.69) is 33.9 Å². The van der Waals surface area contributed by atoms with E-state index in [1.54, 1.807) is 0 Å². The molecule has 0 radical (unpaired) electrons. The summed E-state index contributed by atoms with van der Waals surface area (Å²) in [6, 6.07) is 9.59. The number of ether oxygens (including phenoxy) is 1. The van der Waals surface area contributed by atoms with E-state index in [1.807, 2.05) is 17.0 Å². The molecule has 2 atom stereocenters. The molecule has 0 unspecified atom stereocenters. The minimum Gasteiger partial charge on any atom is -0.376 e. The van der Waals surface area contributed by atoms with E-state index in [1.165, 1.54) is 5.56 Å². The first-order valence-electron chi connectivity index (χ1n) is 10.6. The predicted octanol–water partition coefficient (Wildman–Crippen LogP) is 4.87. The van der Waals surface area contributed by atoms with E-state index in [4.69, 9.17) is 16.3 Å². The molecule has 2 saturated heterocycles. The third kappa shape index (κ3) is 6.04. The van der Waals surface area contributed by atoms with Crippen LogP contribution in [-0.2, 0) is 17.3 Å². The highest BCUT2D eigenvalue weighted by atomic mass is 35.5. The van der Waals surface area contributed by atoms with Crippen LogP contribution < -0.4 is 4.90 Å². The minimum absolute atomic E-state index is 0. The zero-order valence-corrected chi connectivity index (χ0v) is 19.3. The normalized spacial score (nSPS) is 23.1. The van der Waals surface area contributed by atoms with Gasteiger partial charge in [0.1, 0.15) is 17.8 Å². The third-order valence-electron chi connectivity index (χ3n) is 6.10. The molecule has 2 aliphatic heterocycles. The fourth-order valence-electron chi connectivity index (χ4n) is 4.49. The smallest absolute Gasteiger partial charge is 0.376 e. The van der Waals surface area contributed by atoms with Crippen molar-refractivity contribution in [2.24, 2.45) is 0 Å². The second kappa shape index (κ2) is 10.5. The molecule has 0 spiro atoms. The lowest BCUT2D eigenvalue weighted by molar-refractivity contribution is -0.141. The van der Waals surface area contributed by atoms with Crippen molar-refractivity contribution in [1.82, 2.24) is 14.9 Å². The Balaban J connectivity index is 0.00000289. The van der Waals surface area contributed by atoms with Crippen molar-refractivity contribution in [2.45, 2.75) is 50.6 Å². The Morgan fingerprint density at radius 2 is 1.81 bits per heavy atom. The van der Waals surface area contributed by atoms with Crippen molar-refractivity contribution < 1.29 is 17.9 Å². The van der Waals surface area contributed by atoms with Crippen LogP contribution in [0.25, 0.3) is 0 Å². The standard InChI is InChI=1S/C22H26ClF3N4O.ClH/c1-15-12-30(19(13-31-15)10-16-2-4-17(23)5-3-16)18-6-8-29(9-7-18)21-11-20(22(24,25)26)27-14-28-21;/h2-5,11,14-15,18-19H,6-10,12-13H2,1H3;1H/t15-,19-;/m0./s1. The quantitative estimate of drug-likeness (QED) is 0.611. The summed E-state index contributed by atoms with van der Waals surface area (Å²) in [6.07, 6.45) is -0.684. The van der Waals surface area contributed by atoms with Gasteiger partial charge in [-0.3, -0.25) is 4.90 Å². The zero-order chi connectivity index (χ0) is 22.0. The van der Waals surface area contributed by atoms with Crippen LogP contribution in [0.5, 0.6) is 0 Å². The maximum Gasteiger partial charge on any atom is 0.433 e. The number of hydrogen-bond acceptors (Lipinski definition) is 5. The molecule has 0 amide bonds. The van der Waals surface area contributed by atoms with E-state index in [9.17, 15) is 13.2 Å². The highest BCUT2D eigenvalue weighted by Gasteiger charge is 2.36. The average Bonchev–Trinajstić information content (AvgIpc) is 2.76. The summed E-state index contributed by atoms with van der Waals surface area (Å²) in [6.45, 7) is 4.94. The van der Waals surface area contributed by atoms with Crippen molar-refractivity contribution in [3.8, 4) is 0 Å². The lowest BCUT2D eigenvalue weighted by Gasteiger charge is -2.46. The van der Waals surface area contributed by atoms with Crippen LogP contribution in [0.15, 0.2) is 36.7 Å². The summed E-state index contributed by atoms with van der Waals surface area (Å²) < 4.78 is 44.9. The molecule has 4 rings (SSSR count). The van der Waals surface area contributed by atoms with Gasteiger partial charge in [-0.1, -0.05) is 23.7 Å². The molecule has 2 aliphatic rings. The SMILES string of the molecule is C[C@H]1CN(C2CCN(c3cc(C(F)(F)F)ncn3)CC2)[C@@H](Cc2ccc(Cl)cc2)CO1.Cl. The Hall–Kier alpha value is -1.61. The van der Waals surface area contributed by atoms with Gasteiger partial charge in [-0.05, 0) is 43.9 Å². The molecule has 1 aromatic heterocycles. The highest BCUT2D eigenvalue weighted by molar-refractivity contribution is 6.30. The van der Waals surface area contributed by atoms with Gasteiger partial charge < -0.3 is 9.64 Å². The van der Waals surface area contributed by atoms with Crippen molar-refractivity contribution >= 4 is 29.8 Å². The van der Waals surface area contributed by atoms with Gasteiger partial charge in [-0.15, -0.1) is 12.4 Å². The molecule has 3 heterocycles. The summed E-state index contributed by atoms with van der Waals surface area (Å²) in [5.41, 5.74) is 0.320. The van der Waals surface area contributed by atoms with E-state index < -0.39 is 11.9 Å².